The number of carbonyl (C=O) groups is 1. The maximum absolute atomic E-state index is 12.3. The van der Waals surface area contributed by atoms with E-state index in [0.29, 0.717) is 5.39 Å². The third-order valence-electron chi connectivity index (χ3n) is 3.60. The van der Waals surface area contributed by atoms with Gasteiger partial charge in [0.05, 0.1) is 5.52 Å². The minimum Gasteiger partial charge on any atom is -0.355 e. The molecule has 0 fully saturated rings. The highest BCUT2D eigenvalue weighted by Crippen LogP contribution is 2.30. The summed E-state index contributed by atoms with van der Waals surface area (Å²) >= 11 is 0. The van der Waals surface area contributed by atoms with Crippen molar-refractivity contribution in [1.82, 2.24) is 9.88 Å². The van der Waals surface area contributed by atoms with E-state index < -0.39 is 0 Å². The van der Waals surface area contributed by atoms with E-state index in [1.54, 1.807) is 12.3 Å². The molecule has 4 nitrogen and oxygen atoms in total. The predicted molar refractivity (Wildman–Crippen MR) is 70.0 cm³/mol. The molecule has 0 saturated heterocycles. The molecule has 0 aliphatic carbocycles. The van der Waals surface area contributed by atoms with Crippen LogP contribution in [0.2, 0.25) is 0 Å². The number of para-hydroxylation sites is 1. The molecule has 2 aromatic rings. The molecule has 1 amide bonds. The van der Waals surface area contributed by atoms with Crippen LogP contribution < -0.4 is 10.7 Å². The van der Waals surface area contributed by atoms with Crippen LogP contribution in [0.25, 0.3) is 10.9 Å². The SMILES string of the molecule is CNC(=O)c1cn2c3c(cccc3c1=O)CC2C. The Bertz CT molecular complexity index is 716. The Morgan fingerprint density at radius 1 is 1.44 bits per heavy atom. The number of carbonyl (C=O) groups excluding carboxylic acids is 1. The quantitative estimate of drug-likeness (QED) is 0.823. The fourth-order valence-corrected chi connectivity index (χ4v) is 2.71. The number of benzene rings is 1. The Morgan fingerprint density at radius 3 is 2.94 bits per heavy atom. The third kappa shape index (κ3) is 1.32. The second-order valence-electron chi connectivity index (χ2n) is 4.72. The van der Waals surface area contributed by atoms with Gasteiger partial charge in [-0.25, -0.2) is 0 Å². The first kappa shape index (κ1) is 11.0. The predicted octanol–water partition coefficient (Wildman–Crippen LogP) is 1.48. The zero-order valence-electron chi connectivity index (χ0n) is 10.4. The van der Waals surface area contributed by atoms with E-state index in [9.17, 15) is 9.59 Å². The summed E-state index contributed by atoms with van der Waals surface area (Å²) in [6, 6.07) is 6.01. The number of aromatic nitrogens is 1. The van der Waals surface area contributed by atoms with E-state index in [2.05, 4.69) is 12.2 Å². The van der Waals surface area contributed by atoms with Gasteiger partial charge in [-0.15, -0.1) is 0 Å². The Morgan fingerprint density at radius 2 is 2.22 bits per heavy atom. The molecule has 3 rings (SSSR count). The first-order valence-corrected chi connectivity index (χ1v) is 6.02. The summed E-state index contributed by atoms with van der Waals surface area (Å²) in [6.45, 7) is 2.09. The lowest BCUT2D eigenvalue weighted by Crippen LogP contribution is -2.26. The van der Waals surface area contributed by atoms with Crippen molar-refractivity contribution in [3.63, 3.8) is 0 Å². The number of hydrogen-bond acceptors (Lipinski definition) is 2. The summed E-state index contributed by atoms with van der Waals surface area (Å²) < 4.78 is 2.04. The van der Waals surface area contributed by atoms with Crippen LogP contribution in [0.4, 0.5) is 0 Å². The molecule has 4 heteroatoms. The molecule has 0 bridgehead atoms. The van der Waals surface area contributed by atoms with Gasteiger partial charge in [-0.3, -0.25) is 9.59 Å². The van der Waals surface area contributed by atoms with Crippen molar-refractivity contribution in [3.8, 4) is 0 Å². The zero-order chi connectivity index (χ0) is 12.9. The molecule has 1 aliphatic heterocycles. The smallest absolute Gasteiger partial charge is 0.256 e. The molecule has 0 spiro atoms. The maximum Gasteiger partial charge on any atom is 0.256 e. The molecule has 1 aliphatic rings. The summed E-state index contributed by atoms with van der Waals surface area (Å²) in [5, 5.41) is 3.15. The summed E-state index contributed by atoms with van der Waals surface area (Å²) in [7, 11) is 1.54. The van der Waals surface area contributed by atoms with Crippen molar-refractivity contribution < 1.29 is 4.79 Å². The second kappa shape index (κ2) is 3.70. The fourth-order valence-electron chi connectivity index (χ4n) is 2.71. The van der Waals surface area contributed by atoms with E-state index in [1.165, 1.54) is 12.6 Å². The molecule has 0 radical (unpaired) electrons. The molecule has 1 N–H and O–H groups in total. The van der Waals surface area contributed by atoms with Gasteiger partial charge >= 0.3 is 0 Å². The van der Waals surface area contributed by atoms with Gasteiger partial charge in [0, 0.05) is 24.7 Å². The molecular weight excluding hydrogens is 228 g/mol. The van der Waals surface area contributed by atoms with Crippen LogP contribution in [0, 0.1) is 0 Å². The summed E-state index contributed by atoms with van der Waals surface area (Å²) in [5.41, 5.74) is 2.19. The highest BCUT2D eigenvalue weighted by Gasteiger charge is 2.23. The first-order valence-electron chi connectivity index (χ1n) is 6.02. The lowest BCUT2D eigenvalue weighted by molar-refractivity contribution is 0.0961. The Labute approximate surface area is 104 Å². The number of amides is 1. The molecule has 2 heterocycles. The zero-order valence-corrected chi connectivity index (χ0v) is 10.4. The van der Waals surface area contributed by atoms with Crippen molar-refractivity contribution in [1.29, 1.82) is 0 Å². The van der Waals surface area contributed by atoms with E-state index >= 15 is 0 Å². The Balaban J connectivity index is 2.44. The molecule has 1 unspecified atom stereocenters. The van der Waals surface area contributed by atoms with Gasteiger partial charge in [0.1, 0.15) is 5.56 Å². The Hall–Kier alpha value is -2.10. The molecule has 18 heavy (non-hydrogen) atoms. The molecule has 92 valence electrons. The fraction of sp³-hybridized carbons (Fsp3) is 0.286. The monoisotopic (exact) mass is 242 g/mol. The topological polar surface area (TPSA) is 51.1 Å². The molecule has 0 saturated carbocycles. The van der Waals surface area contributed by atoms with Gasteiger partial charge in [0.2, 0.25) is 5.43 Å². The average molecular weight is 242 g/mol. The summed E-state index contributed by atoms with van der Waals surface area (Å²) in [4.78, 5) is 24.0. The van der Waals surface area contributed by atoms with Crippen LogP contribution in [-0.4, -0.2) is 17.5 Å². The van der Waals surface area contributed by atoms with Crippen LogP contribution in [0.5, 0.6) is 0 Å². The van der Waals surface area contributed by atoms with Gasteiger partial charge in [0.25, 0.3) is 5.91 Å². The van der Waals surface area contributed by atoms with Crippen LogP contribution in [0.1, 0.15) is 28.9 Å². The standard InChI is InChI=1S/C14H14N2O2/c1-8-6-9-4-3-5-10-12(9)16(8)7-11(13(10)17)14(18)15-2/h3-5,7-8H,6H2,1-2H3,(H,15,18). The lowest BCUT2D eigenvalue weighted by Gasteiger charge is -2.11. The first-order chi connectivity index (χ1) is 8.63. The van der Waals surface area contributed by atoms with E-state index in [-0.39, 0.29) is 22.9 Å². The van der Waals surface area contributed by atoms with Gasteiger partial charge in [-0.2, -0.15) is 0 Å². The highest BCUT2D eigenvalue weighted by atomic mass is 16.2. The number of nitrogens with one attached hydrogen (secondary N) is 1. The van der Waals surface area contributed by atoms with Crippen LogP contribution in [-0.2, 0) is 6.42 Å². The number of hydrogen-bond donors (Lipinski definition) is 1. The molecule has 1 aromatic heterocycles. The molecule has 1 aromatic carbocycles. The van der Waals surface area contributed by atoms with Gasteiger partial charge < -0.3 is 9.88 Å². The largest absolute Gasteiger partial charge is 0.355 e. The molecular formula is C14H14N2O2. The number of rotatable bonds is 1. The van der Waals surface area contributed by atoms with E-state index in [4.69, 9.17) is 0 Å². The van der Waals surface area contributed by atoms with Crippen molar-refractivity contribution >= 4 is 16.8 Å². The lowest BCUT2D eigenvalue weighted by atomic mass is 10.1. The van der Waals surface area contributed by atoms with Crippen molar-refractivity contribution in [2.24, 2.45) is 0 Å². The van der Waals surface area contributed by atoms with Gasteiger partial charge in [-0.05, 0) is 25.0 Å². The van der Waals surface area contributed by atoms with Crippen LogP contribution in [0.15, 0.2) is 29.2 Å². The van der Waals surface area contributed by atoms with Crippen molar-refractivity contribution in [3.05, 3.63) is 45.7 Å². The summed E-state index contributed by atoms with van der Waals surface area (Å²) in [5.74, 6) is -0.324. The highest BCUT2D eigenvalue weighted by molar-refractivity contribution is 5.98. The van der Waals surface area contributed by atoms with E-state index in [1.807, 2.05) is 16.7 Å². The maximum atomic E-state index is 12.3. The van der Waals surface area contributed by atoms with Crippen molar-refractivity contribution in [2.75, 3.05) is 7.05 Å². The normalized spacial score (nSPS) is 17.1. The van der Waals surface area contributed by atoms with Crippen molar-refractivity contribution in [2.45, 2.75) is 19.4 Å². The minimum atomic E-state index is -0.324. The average Bonchev–Trinajstić information content (AvgIpc) is 2.70. The second-order valence-corrected chi connectivity index (χ2v) is 4.72. The van der Waals surface area contributed by atoms with Gasteiger partial charge in [-0.1, -0.05) is 12.1 Å². The van der Waals surface area contributed by atoms with Crippen LogP contribution in [0.3, 0.4) is 0 Å². The van der Waals surface area contributed by atoms with Gasteiger partial charge in [0.15, 0.2) is 0 Å². The molecule has 1 atom stereocenters. The number of nitrogens with zero attached hydrogens (tertiary/aromatic N) is 1. The van der Waals surface area contributed by atoms with E-state index in [0.717, 1.165) is 11.9 Å². The minimum absolute atomic E-state index is 0.184. The summed E-state index contributed by atoms with van der Waals surface area (Å²) in [6.07, 6.45) is 2.60. The third-order valence-corrected chi connectivity index (χ3v) is 3.60. The Kier molecular flexibility index (Phi) is 2.26. The number of pyridine rings is 1. The van der Waals surface area contributed by atoms with Crippen LogP contribution >= 0.6 is 0 Å².